The Hall–Kier alpha value is -2.88. The summed E-state index contributed by atoms with van der Waals surface area (Å²) in [6, 6.07) is 7.26. The van der Waals surface area contributed by atoms with Crippen molar-refractivity contribution in [2.24, 2.45) is 5.92 Å². The molecule has 0 radical (unpaired) electrons. The van der Waals surface area contributed by atoms with Gasteiger partial charge in [0.25, 0.3) is 11.8 Å². The van der Waals surface area contributed by atoms with Gasteiger partial charge in [-0.15, -0.1) is 0 Å². The molecule has 3 atom stereocenters. The Morgan fingerprint density at radius 1 is 1.26 bits per heavy atom. The second kappa shape index (κ2) is 11.0. The van der Waals surface area contributed by atoms with Gasteiger partial charge < -0.3 is 19.5 Å². The summed E-state index contributed by atoms with van der Waals surface area (Å²) < 4.78 is 51.6. The van der Waals surface area contributed by atoms with Gasteiger partial charge in [0.15, 0.2) is 12.4 Å². The van der Waals surface area contributed by atoms with E-state index in [1.54, 1.807) is 17.0 Å². The molecule has 3 unspecified atom stereocenters. The van der Waals surface area contributed by atoms with Crippen LogP contribution in [0.25, 0.3) is 0 Å². The van der Waals surface area contributed by atoms with Crippen LogP contribution in [-0.2, 0) is 4.79 Å². The first-order valence-electron chi connectivity index (χ1n) is 11.2. The monoisotopic (exact) mass is 481 g/mol. The van der Waals surface area contributed by atoms with Crippen LogP contribution in [0.15, 0.2) is 30.6 Å². The number of halogens is 3. The van der Waals surface area contributed by atoms with Crippen molar-refractivity contribution in [3.8, 4) is 11.6 Å². The van der Waals surface area contributed by atoms with Crippen LogP contribution in [0.5, 0.6) is 11.6 Å². The van der Waals surface area contributed by atoms with Gasteiger partial charge in [-0.2, -0.15) is 9.37 Å². The Labute approximate surface area is 196 Å². The van der Waals surface area contributed by atoms with E-state index in [2.05, 4.69) is 9.97 Å². The van der Waals surface area contributed by atoms with Gasteiger partial charge in [-0.25, -0.2) is 13.8 Å². The molecule has 1 aliphatic heterocycles. The summed E-state index contributed by atoms with van der Waals surface area (Å²) in [5.74, 6) is -4.18. The van der Waals surface area contributed by atoms with Gasteiger partial charge in [-0.05, 0) is 23.6 Å². The number of nitrogens with zero attached hydrogens (tertiary/aromatic N) is 3. The molecule has 186 valence electrons. The zero-order valence-electron chi connectivity index (χ0n) is 19.5. The van der Waals surface area contributed by atoms with Crippen LogP contribution in [0.4, 0.5) is 19.0 Å². The lowest BCUT2D eigenvalue weighted by Gasteiger charge is -2.20. The highest BCUT2D eigenvalue weighted by Gasteiger charge is 2.30. The molecule has 2 heterocycles. The molecule has 0 amide bonds. The Morgan fingerprint density at radius 2 is 1.97 bits per heavy atom. The molecule has 1 aliphatic rings. The van der Waals surface area contributed by atoms with Crippen LogP contribution in [0, 0.1) is 11.7 Å². The highest BCUT2D eigenvalue weighted by atomic mass is 19.3. The quantitative estimate of drug-likeness (QED) is 0.519. The van der Waals surface area contributed by atoms with Gasteiger partial charge in [0, 0.05) is 38.8 Å². The molecule has 1 aromatic carbocycles. The van der Waals surface area contributed by atoms with Gasteiger partial charge in [0.05, 0.1) is 6.54 Å². The van der Waals surface area contributed by atoms with Gasteiger partial charge in [-0.1, -0.05) is 26.0 Å². The molecule has 0 spiro atoms. The topological polar surface area (TPSA) is 84.8 Å². The summed E-state index contributed by atoms with van der Waals surface area (Å²) in [5, 5.41) is 9.15. The normalized spacial score (nSPS) is 18.0. The third kappa shape index (κ3) is 6.82. The molecule has 0 bridgehead atoms. The maximum absolute atomic E-state index is 14.7. The van der Waals surface area contributed by atoms with Crippen LogP contribution < -0.4 is 14.4 Å². The van der Waals surface area contributed by atoms with Crippen LogP contribution >= 0.6 is 0 Å². The van der Waals surface area contributed by atoms with Gasteiger partial charge >= 0.3 is 0 Å². The van der Waals surface area contributed by atoms with Crippen molar-refractivity contribution < 1.29 is 32.5 Å². The molecule has 1 fully saturated rings. The van der Waals surface area contributed by atoms with Gasteiger partial charge in [0.2, 0.25) is 5.82 Å². The standard InChI is InChI=1S/C24H30F3N3O4/c1-15(12-31)10-20(32)16(2)17-4-6-18(7-5-17)34-19-8-9-30(11-19)22-21(25)23(29-14-28-22)33-13-24(3,26)27/h4-7,14-16,19,31H,8-13H2,1-3H3. The van der Waals surface area contributed by atoms with E-state index < -0.39 is 24.2 Å². The number of aromatic nitrogens is 2. The van der Waals surface area contributed by atoms with Crippen molar-refractivity contribution in [1.82, 2.24) is 9.97 Å². The van der Waals surface area contributed by atoms with Crippen molar-refractivity contribution >= 4 is 11.6 Å². The Morgan fingerprint density at radius 3 is 2.62 bits per heavy atom. The van der Waals surface area contributed by atoms with E-state index in [1.807, 2.05) is 26.0 Å². The number of carbonyl (C=O) groups excluding carboxylic acids is 1. The maximum Gasteiger partial charge on any atom is 0.278 e. The molecule has 34 heavy (non-hydrogen) atoms. The summed E-state index contributed by atoms with van der Waals surface area (Å²) in [4.78, 5) is 21.6. The van der Waals surface area contributed by atoms with E-state index in [0.717, 1.165) is 11.9 Å². The highest BCUT2D eigenvalue weighted by molar-refractivity contribution is 5.85. The first kappa shape index (κ1) is 25.7. The number of anilines is 1. The summed E-state index contributed by atoms with van der Waals surface area (Å²) in [6.07, 6.45) is 1.79. The summed E-state index contributed by atoms with van der Waals surface area (Å²) in [7, 11) is 0. The predicted molar refractivity (Wildman–Crippen MR) is 120 cm³/mol. The lowest BCUT2D eigenvalue weighted by atomic mass is 9.91. The molecule has 1 aromatic heterocycles. The number of benzene rings is 1. The van der Waals surface area contributed by atoms with Gasteiger partial charge in [-0.3, -0.25) is 4.79 Å². The fraction of sp³-hybridized carbons (Fsp3) is 0.542. The average Bonchev–Trinajstić information content (AvgIpc) is 3.25. The zero-order chi connectivity index (χ0) is 24.9. The van der Waals surface area contributed by atoms with Crippen molar-refractivity contribution in [3.63, 3.8) is 0 Å². The summed E-state index contributed by atoms with van der Waals surface area (Å²) in [5.41, 5.74) is 0.865. The fourth-order valence-electron chi connectivity index (χ4n) is 3.68. The Kier molecular flexibility index (Phi) is 8.35. The second-order valence-electron chi connectivity index (χ2n) is 8.90. The number of rotatable bonds is 11. The molecule has 0 aliphatic carbocycles. The molecule has 1 N–H and O–H groups in total. The van der Waals surface area contributed by atoms with E-state index in [1.165, 1.54) is 0 Å². The molecule has 2 aromatic rings. The maximum atomic E-state index is 14.7. The van der Waals surface area contributed by atoms with E-state index in [0.29, 0.717) is 38.6 Å². The lowest BCUT2D eigenvalue weighted by molar-refractivity contribution is -0.121. The van der Waals surface area contributed by atoms with Crippen molar-refractivity contribution in [3.05, 3.63) is 42.0 Å². The highest BCUT2D eigenvalue weighted by Crippen LogP contribution is 2.29. The van der Waals surface area contributed by atoms with Crippen molar-refractivity contribution in [2.45, 2.75) is 51.6 Å². The van der Waals surface area contributed by atoms with E-state index >= 15 is 0 Å². The van der Waals surface area contributed by atoms with Crippen LogP contribution in [0.3, 0.4) is 0 Å². The molecule has 10 heteroatoms. The number of aliphatic hydroxyl groups excluding tert-OH is 1. The van der Waals surface area contributed by atoms with E-state index in [9.17, 15) is 18.0 Å². The first-order chi connectivity index (χ1) is 16.1. The Balaban J connectivity index is 1.58. The van der Waals surface area contributed by atoms with Crippen LogP contribution in [-0.4, -0.2) is 59.2 Å². The van der Waals surface area contributed by atoms with Crippen molar-refractivity contribution in [2.75, 3.05) is 31.2 Å². The number of hydrogen-bond donors (Lipinski definition) is 1. The molecule has 7 nitrogen and oxygen atoms in total. The minimum absolute atomic E-state index is 0.0182. The average molecular weight is 482 g/mol. The predicted octanol–water partition coefficient (Wildman–Crippen LogP) is 4.00. The van der Waals surface area contributed by atoms with E-state index in [4.69, 9.17) is 14.6 Å². The minimum Gasteiger partial charge on any atom is -0.489 e. The minimum atomic E-state index is -3.11. The molecular formula is C24H30F3N3O4. The van der Waals surface area contributed by atoms with Crippen LogP contribution in [0.2, 0.25) is 0 Å². The lowest BCUT2D eigenvalue weighted by Crippen LogP contribution is -2.27. The summed E-state index contributed by atoms with van der Waals surface area (Å²) >= 11 is 0. The SMILES string of the molecule is CC(CO)CC(=O)C(C)c1ccc(OC2CCN(c3ncnc(OCC(C)(F)F)c3F)C2)cc1. The smallest absolute Gasteiger partial charge is 0.278 e. The number of hydrogen-bond acceptors (Lipinski definition) is 7. The third-order valence-electron chi connectivity index (χ3n) is 5.67. The summed E-state index contributed by atoms with van der Waals surface area (Å²) in [6.45, 7) is 4.17. The largest absolute Gasteiger partial charge is 0.489 e. The molecular weight excluding hydrogens is 451 g/mol. The number of Topliss-reactive ketones (excluding diaryl/α,β-unsaturated/α-hetero) is 1. The molecule has 0 saturated carbocycles. The van der Waals surface area contributed by atoms with Crippen LogP contribution in [0.1, 0.15) is 45.1 Å². The van der Waals surface area contributed by atoms with E-state index in [-0.39, 0.29) is 36.1 Å². The number of carbonyl (C=O) groups is 1. The number of alkyl halides is 2. The second-order valence-corrected chi connectivity index (χ2v) is 8.90. The Bertz CT molecular complexity index is 969. The fourth-order valence-corrected chi connectivity index (χ4v) is 3.68. The first-order valence-corrected chi connectivity index (χ1v) is 11.2. The number of ketones is 1. The van der Waals surface area contributed by atoms with Crippen molar-refractivity contribution in [1.29, 1.82) is 0 Å². The number of ether oxygens (including phenoxy) is 2. The molecule has 1 saturated heterocycles. The third-order valence-corrected chi connectivity index (χ3v) is 5.67. The van der Waals surface area contributed by atoms with Gasteiger partial charge in [0.1, 0.15) is 24.0 Å². The zero-order valence-corrected chi connectivity index (χ0v) is 19.5. The number of aliphatic hydroxyl groups is 1. The molecule has 3 rings (SSSR count).